The molecule has 0 saturated carbocycles. The molecule has 2 aromatic rings. The lowest BCUT2D eigenvalue weighted by atomic mass is 9.86. The summed E-state index contributed by atoms with van der Waals surface area (Å²) in [6.45, 7) is 2.61. The molecule has 2 N–H and O–H groups in total. The fraction of sp³-hybridized carbons (Fsp3) is 0.348. The summed E-state index contributed by atoms with van der Waals surface area (Å²) in [6.07, 6.45) is 0.804. The standard InChI is InChI=1S/C23H26N2O4/c1-16-15-25(13-12-19(16)23(28)29)22(27)20(14-17-8-4-2-5-9-17)24-21(26)18-10-6-3-7-11-18/h2-11,16,19-20H,12-15H2,1H3,(H,24,26)(H,28,29). The summed E-state index contributed by atoms with van der Waals surface area (Å²) in [5.41, 5.74) is 1.45. The van der Waals surface area contributed by atoms with E-state index in [1.165, 1.54) is 0 Å². The van der Waals surface area contributed by atoms with Gasteiger partial charge in [0.2, 0.25) is 5.91 Å². The van der Waals surface area contributed by atoms with Crippen LogP contribution < -0.4 is 5.32 Å². The van der Waals surface area contributed by atoms with E-state index >= 15 is 0 Å². The van der Waals surface area contributed by atoms with Gasteiger partial charge < -0.3 is 15.3 Å². The van der Waals surface area contributed by atoms with Crippen LogP contribution in [0.1, 0.15) is 29.3 Å². The zero-order valence-electron chi connectivity index (χ0n) is 16.5. The van der Waals surface area contributed by atoms with Crippen LogP contribution in [0.2, 0.25) is 0 Å². The number of carbonyl (C=O) groups excluding carboxylic acids is 2. The van der Waals surface area contributed by atoms with E-state index in [2.05, 4.69) is 5.32 Å². The van der Waals surface area contributed by atoms with E-state index in [4.69, 9.17) is 0 Å². The first kappa shape index (κ1) is 20.6. The van der Waals surface area contributed by atoms with E-state index in [1.807, 2.05) is 43.3 Å². The van der Waals surface area contributed by atoms with Gasteiger partial charge in [-0.15, -0.1) is 0 Å². The minimum Gasteiger partial charge on any atom is -0.481 e. The van der Waals surface area contributed by atoms with E-state index in [1.54, 1.807) is 29.2 Å². The average molecular weight is 394 g/mol. The molecule has 3 atom stereocenters. The summed E-state index contributed by atoms with van der Waals surface area (Å²) in [5, 5.41) is 12.2. The largest absolute Gasteiger partial charge is 0.481 e. The Morgan fingerprint density at radius 2 is 1.69 bits per heavy atom. The third-order valence-corrected chi connectivity index (χ3v) is 5.46. The van der Waals surface area contributed by atoms with Crippen molar-refractivity contribution in [3.8, 4) is 0 Å². The van der Waals surface area contributed by atoms with Crippen LogP contribution in [0.5, 0.6) is 0 Å². The summed E-state index contributed by atoms with van der Waals surface area (Å²) < 4.78 is 0. The minimum atomic E-state index is -0.817. The minimum absolute atomic E-state index is 0.132. The van der Waals surface area contributed by atoms with Gasteiger partial charge in [0.1, 0.15) is 6.04 Å². The molecule has 2 amide bonds. The predicted molar refractivity (Wildman–Crippen MR) is 109 cm³/mol. The normalized spacial score (nSPS) is 20.0. The first-order chi connectivity index (χ1) is 14.0. The molecule has 0 bridgehead atoms. The van der Waals surface area contributed by atoms with Gasteiger partial charge in [-0.25, -0.2) is 0 Å². The molecule has 1 heterocycles. The number of hydrogen-bond acceptors (Lipinski definition) is 3. The van der Waals surface area contributed by atoms with Crippen molar-refractivity contribution in [3.63, 3.8) is 0 Å². The molecule has 0 radical (unpaired) electrons. The number of nitrogens with zero attached hydrogens (tertiary/aromatic N) is 1. The maximum atomic E-state index is 13.3. The molecule has 2 aromatic carbocycles. The molecule has 1 fully saturated rings. The molecule has 3 rings (SSSR count). The van der Waals surface area contributed by atoms with Gasteiger partial charge >= 0.3 is 5.97 Å². The van der Waals surface area contributed by atoms with Crippen LogP contribution in [0, 0.1) is 11.8 Å². The maximum Gasteiger partial charge on any atom is 0.306 e. The van der Waals surface area contributed by atoms with Crippen molar-refractivity contribution < 1.29 is 19.5 Å². The van der Waals surface area contributed by atoms with Crippen LogP contribution in [-0.4, -0.2) is 46.9 Å². The highest BCUT2D eigenvalue weighted by atomic mass is 16.4. The van der Waals surface area contributed by atoms with E-state index in [0.29, 0.717) is 31.5 Å². The third-order valence-electron chi connectivity index (χ3n) is 5.46. The number of benzene rings is 2. The Balaban J connectivity index is 1.76. The summed E-state index contributed by atoms with van der Waals surface area (Å²) in [5.74, 6) is -1.86. The molecule has 1 aliphatic heterocycles. The Bertz CT molecular complexity index is 854. The van der Waals surface area contributed by atoms with Crippen molar-refractivity contribution in [2.75, 3.05) is 13.1 Å². The number of carboxylic acid groups (broad SMARTS) is 1. The number of carboxylic acids is 1. The van der Waals surface area contributed by atoms with Crippen LogP contribution in [0.15, 0.2) is 60.7 Å². The molecule has 29 heavy (non-hydrogen) atoms. The van der Waals surface area contributed by atoms with Crippen molar-refractivity contribution in [2.45, 2.75) is 25.8 Å². The van der Waals surface area contributed by atoms with Crippen molar-refractivity contribution in [2.24, 2.45) is 11.8 Å². The van der Waals surface area contributed by atoms with Crippen LogP contribution >= 0.6 is 0 Å². The van der Waals surface area contributed by atoms with Crippen LogP contribution in [-0.2, 0) is 16.0 Å². The molecular formula is C23H26N2O4. The number of rotatable bonds is 6. The summed E-state index contributed by atoms with van der Waals surface area (Å²) in [7, 11) is 0. The molecule has 3 unspecified atom stereocenters. The fourth-order valence-electron chi connectivity index (χ4n) is 3.81. The lowest BCUT2D eigenvalue weighted by molar-refractivity contribution is -0.148. The Morgan fingerprint density at radius 3 is 2.28 bits per heavy atom. The second-order valence-electron chi connectivity index (χ2n) is 7.58. The molecule has 1 aliphatic rings. The third kappa shape index (κ3) is 5.22. The van der Waals surface area contributed by atoms with Crippen molar-refractivity contribution >= 4 is 17.8 Å². The number of nitrogens with one attached hydrogen (secondary N) is 1. The molecular weight excluding hydrogens is 368 g/mol. The van der Waals surface area contributed by atoms with Gasteiger partial charge in [0.25, 0.3) is 5.91 Å². The Morgan fingerprint density at radius 1 is 1.07 bits per heavy atom. The SMILES string of the molecule is CC1CN(C(=O)C(Cc2ccccc2)NC(=O)c2ccccc2)CCC1C(=O)O. The number of aliphatic carboxylic acids is 1. The van der Waals surface area contributed by atoms with Crippen LogP contribution in [0.4, 0.5) is 0 Å². The van der Waals surface area contributed by atoms with Gasteiger partial charge in [0.15, 0.2) is 0 Å². The van der Waals surface area contributed by atoms with Gasteiger partial charge in [-0.1, -0.05) is 55.5 Å². The molecule has 0 aliphatic carbocycles. The van der Waals surface area contributed by atoms with E-state index < -0.39 is 17.9 Å². The van der Waals surface area contributed by atoms with Gasteiger partial charge in [0.05, 0.1) is 5.92 Å². The zero-order chi connectivity index (χ0) is 20.8. The molecule has 1 saturated heterocycles. The Hall–Kier alpha value is -3.15. The quantitative estimate of drug-likeness (QED) is 0.789. The summed E-state index contributed by atoms with van der Waals surface area (Å²) in [6, 6.07) is 17.6. The smallest absolute Gasteiger partial charge is 0.306 e. The first-order valence-electron chi connectivity index (χ1n) is 9.87. The summed E-state index contributed by atoms with van der Waals surface area (Å²) in [4.78, 5) is 39.0. The van der Waals surface area contributed by atoms with Gasteiger partial charge in [-0.05, 0) is 30.0 Å². The van der Waals surface area contributed by atoms with Crippen LogP contribution in [0.3, 0.4) is 0 Å². The molecule has 152 valence electrons. The maximum absolute atomic E-state index is 13.3. The zero-order valence-corrected chi connectivity index (χ0v) is 16.5. The first-order valence-corrected chi connectivity index (χ1v) is 9.87. The number of hydrogen-bond donors (Lipinski definition) is 2. The number of likely N-dealkylation sites (tertiary alicyclic amines) is 1. The average Bonchev–Trinajstić information content (AvgIpc) is 2.73. The van der Waals surface area contributed by atoms with E-state index in [9.17, 15) is 19.5 Å². The van der Waals surface area contributed by atoms with Crippen molar-refractivity contribution in [1.29, 1.82) is 0 Å². The fourth-order valence-corrected chi connectivity index (χ4v) is 3.81. The highest BCUT2D eigenvalue weighted by Crippen LogP contribution is 2.24. The van der Waals surface area contributed by atoms with E-state index in [0.717, 1.165) is 5.56 Å². The Labute approximate surface area is 170 Å². The lowest BCUT2D eigenvalue weighted by Crippen LogP contribution is -2.53. The molecule has 6 nitrogen and oxygen atoms in total. The predicted octanol–water partition coefficient (Wildman–Crippen LogP) is 2.60. The highest BCUT2D eigenvalue weighted by Gasteiger charge is 2.35. The van der Waals surface area contributed by atoms with Crippen LogP contribution in [0.25, 0.3) is 0 Å². The lowest BCUT2D eigenvalue weighted by Gasteiger charge is -2.37. The number of piperidine rings is 1. The second-order valence-corrected chi connectivity index (χ2v) is 7.58. The second kappa shape index (κ2) is 9.37. The molecule has 0 aromatic heterocycles. The van der Waals surface area contributed by atoms with Crippen molar-refractivity contribution in [1.82, 2.24) is 10.2 Å². The van der Waals surface area contributed by atoms with Gasteiger partial charge in [-0.2, -0.15) is 0 Å². The van der Waals surface area contributed by atoms with Crippen molar-refractivity contribution in [3.05, 3.63) is 71.8 Å². The Kier molecular flexibility index (Phi) is 6.65. The molecule has 6 heteroatoms. The summed E-state index contributed by atoms with van der Waals surface area (Å²) >= 11 is 0. The van der Waals surface area contributed by atoms with Gasteiger partial charge in [-0.3, -0.25) is 14.4 Å². The topological polar surface area (TPSA) is 86.7 Å². The number of carbonyl (C=O) groups is 3. The monoisotopic (exact) mass is 394 g/mol. The molecule has 0 spiro atoms. The van der Waals surface area contributed by atoms with E-state index in [-0.39, 0.29) is 17.7 Å². The van der Waals surface area contributed by atoms with Gasteiger partial charge in [0, 0.05) is 25.1 Å². The highest BCUT2D eigenvalue weighted by molar-refractivity contribution is 5.97. The number of amides is 2.